The molecule has 1 aromatic carbocycles. The summed E-state index contributed by atoms with van der Waals surface area (Å²) in [6.45, 7) is 2.09. The number of nitrogens with one attached hydrogen (secondary N) is 2. The monoisotopic (exact) mass is 315 g/mol. The maximum atomic E-state index is 11.9. The number of non-ortho nitro benzene ring substituents is 1. The number of carbonyl (C=O) groups is 1. The number of unbranched alkanes of at least 4 members (excludes halogenated alkanes) is 1. The third-order valence-electron chi connectivity index (χ3n) is 2.61. The van der Waals surface area contributed by atoms with Crippen molar-refractivity contribution in [1.29, 1.82) is 0 Å². The van der Waals surface area contributed by atoms with Crippen molar-refractivity contribution in [3.05, 3.63) is 34.4 Å². The molecular weight excluding hydrogens is 298 g/mol. The molecule has 0 bridgehead atoms. The van der Waals surface area contributed by atoms with Gasteiger partial charge in [-0.15, -0.1) is 0 Å². The topological polar surface area (TPSA) is 118 Å². The molecule has 2 N–H and O–H groups in total. The maximum Gasteiger partial charge on any atom is 0.270 e. The van der Waals surface area contributed by atoms with Crippen molar-refractivity contribution in [3.63, 3.8) is 0 Å². The van der Waals surface area contributed by atoms with Gasteiger partial charge in [-0.05, 0) is 18.9 Å². The first-order valence-electron chi connectivity index (χ1n) is 6.31. The molecule has 0 aliphatic heterocycles. The van der Waals surface area contributed by atoms with Crippen LogP contribution in [0.15, 0.2) is 29.2 Å². The number of nitro groups is 1. The third-order valence-corrected chi connectivity index (χ3v) is 4.07. The van der Waals surface area contributed by atoms with E-state index in [1.165, 1.54) is 25.1 Å². The minimum Gasteiger partial charge on any atom is -0.356 e. The Morgan fingerprint density at radius 2 is 1.95 bits per heavy atom. The number of hydrogen-bond donors (Lipinski definition) is 2. The van der Waals surface area contributed by atoms with E-state index < -0.39 is 14.9 Å². The second-order valence-corrected chi connectivity index (χ2v) is 6.11. The molecule has 0 radical (unpaired) electrons. The molecule has 8 nitrogen and oxygen atoms in total. The number of carbonyl (C=O) groups excluding carboxylic acids is 1. The van der Waals surface area contributed by atoms with Gasteiger partial charge in [0.25, 0.3) is 5.69 Å². The van der Waals surface area contributed by atoms with Crippen LogP contribution in [0.1, 0.15) is 19.8 Å². The lowest BCUT2D eigenvalue weighted by atomic mass is 10.3. The van der Waals surface area contributed by atoms with E-state index in [1.807, 2.05) is 0 Å². The zero-order chi connectivity index (χ0) is 15.9. The summed E-state index contributed by atoms with van der Waals surface area (Å²) in [5, 5.41) is 13.2. The Labute approximate surface area is 122 Å². The summed E-state index contributed by atoms with van der Waals surface area (Å²) in [5.74, 6) is -0.132. The van der Waals surface area contributed by atoms with Crippen LogP contribution < -0.4 is 10.0 Å². The Balaban J connectivity index is 2.52. The van der Waals surface area contributed by atoms with Gasteiger partial charge in [-0.1, -0.05) is 6.07 Å². The largest absolute Gasteiger partial charge is 0.356 e. The first kappa shape index (κ1) is 17.1. The summed E-state index contributed by atoms with van der Waals surface area (Å²) in [4.78, 5) is 20.5. The summed E-state index contributed by atoms with van der Waals surface area (Å²) in [7, 11) is -3.76. The van der Waals surface area contributed by atoms with Gasteiger partial charge in [0.1, 0.15) is 0 Å². The van der Waals surface area contributed by atoms with Crippen LogP contribution in [-0.2, 0) is 14.8 Å². The molecule has 9 heteroatoms. The lowest BCUT2D eigenvalue weighted by molar-refractivity contribution is -0.385. The van der Waals surface area contributed by atoms with Crippen LogP contribution in [0.4, 0.5) is 5.69 Å². The normalized spacial score (nSPS) is 11.1. The van der Waals surface area contributed by atoms with Gasteiger partial charge in [-0.2, -0.15) is 0 Å². The van der Waals surface area contributed by atoms with E-state index in [-0.39, 0.29) is 23.0 Å². The Hall–Kier alpha value is -2.00. The van der Waals surface area contributed by atoms with Crippen molar-refractivity contribution in [1.82, 2.24) is 10.0 Å². The fourth-order valence-corrected chi connectivity index (χ4v) is 2.68. The number of nitrogens with zero attached hydrogens (tertiary/aromatic N) is 1. The van der Waals surface area contributed by atoms with E-state index in [4.69, 9.17) is 0 Å². The lowest BCUT2D eigenvalue weighted by Crippen LogP contribution is -2.26. The minimum atomic E-state index is -3.76. The van der Waals surface area contributed by atoms with Gasteiger partial charge in [0, 0.05) is 32.1 Å². The van der Waals surface area contributed by atoms with E-state index in [1.54, 1.807) is 0 Å². The lowest BCUT2D eigenvalue weighted by Gasteiger charge is -2.07. The molecule has 0 saturated carbocycles. The predicted molar refractivity (Wildman–Crippen MR) is 76.2 cm³/mol. The smallest absolute Gasteiger partial charge is 0.270 e. The van der Waals surface area contributed by atoms with Crippen LogP contribution in [0.2, 0.25) is 0 Å². The van der Waals surface area contributed by atoms with Crippen molar-refractivity contribution < 1.29 is 18.1 Å². The van der Waals surface area contributed by atoms with Gasteiger partial charge < -0.3 is 5.32 Å². The zero-order valence-corrected chi connectivity index (χ0v) is 12.4. The first-order chi connectivity index (χ1) is 9.83. The van der Waals surface area contributed by atoms with Crippen molar-refractivity contribution in [2.75, 3.05) is 13.1 Å². The fourth-order valence-electron chi connectivity index (χ4n) is 1.57. The highest BCUT2D eigenvalue weighted by molar-refractivity contribution is 7.89. The van der Waals surface area contributed by atoms with Crippen LogP contribution in [0.25, 0.3) is 0 Å². The summed E-state index contributed by atoms with van der Waals surface area (Å²) < 4.78 is 26.3. The highest BCUT2D eigenvalue weighted by Gasteiger charge is 2.16. The van der Waals surface area contributed by atoms with Crippen LogP contribution in [0, 0.1) is 10.1 Å². The second-order valence-electron chi connectivity index (χ2n) is 4.34. The Kier molecular flexibility index (Phi) is 6.25. The molecule has 116 valence electrons. The molecule has 1 amide bonds. The van der Waals surface area contributed by atoms with Crippen molar-refractivity contribution in [2.45, 2.75) is 24.7 Å². The molecule has 21 heavy (non-hydrogen) atoms. The third kappa shape index (κ3) is 5.88. The summed E-state index contributed by atoms with van der Waals surface area (Å²) in [6, 6.07) is 4.86. The van der Waals surface area contributed by atoms with Crippen LogP contribution in [-0.4, -0.2) is 32.3 Å². The maximum absolute atomic E-state index is 11.9. The molecule has 0 unspecified atom stereocenters. The Bertz CT molecular complexity index is 615. The molecule has 0 atom stereocenters. The molecule has 0 aliphatic rings. The molecule has 1 aromatic rings. The van der Waals surface area contributed by atoms with Crippen molar-refractivity contribution in [2.24, 2.45) is 0 Å². The molecule has 0 aromatic heterocycles. The summed E-state index contributed by atoms with van der Waals surface area (Å²) in [5.41, 5.74) is -0.275. The van der Waals surface area contributed by atoms with E-state index in [2.05, 4.69) is 10.0 Å². The van der Waals surface area contributed by atoms with E-state index in [0.717, 1.165) is 6.07 Å². The number of hydrogen-bond acceptors (Lipinski definition) is 5. The minimum absolute atomic E-state index is 0.132. The van der Waals surface area contributed by atoms with Crippen molar-refractivity contribution >= 4 is 21.6 Å². The highest BCUT2D eigenvalue weighted by Crippen LogP contribution is 2.16. The van der Waals surface area contributed by atoms with Crippen LogP contribution >= 0.6 is 0 Å². The first-order valence-corrected chi connectivity index (χ1v) is 7.80. The Morgan fingerprint density at radius 3 is 2.57 bits per heavy atom. The molecular formula is C12H17N3O5S. The molecule has 0 fully saturated rings. The van der Waals surface area contributed by atoms with Gasteiger partial charge in [0.15, 0.2) is 0 Å². The number of amides is 1. The molecule has 1 rings (SSSR count). The van der Waals surface area contributed by atoms with Crippen LogP contribution in [0.5, 0.6) is 0 Å². The summed E-state index contributed by atoms with van der Waals surface area (Å²) in [6.07, 6.45) is 1.19. The van der Waals surface area contributed by atoms with Crippen molar-refractivity contribution in [3.8, 4) is 0 Å². The highest BCUT2D eigenvalue weighted by atomic mass is 32.2. The SMILES string of the molecule is CC(=O)NCCCCNS(=O)(=O)c1cccc([N+](=O)[O-])c1. The number of rotatable bonds is 8. The molecule has 0 saturated heterocycles. The molecule has 0 spiro atoms. The standard InChI is InChI=1S/C12H17N3O5S/c1-10(16)13-7-2-3-8-14-21(19,20)12-6-4-5-11(9-12)15(17)18/h4-6,9,14H,2-3,7-8H2,1H3,(H,13,16). The second kappa shape index (κ2) is 7.70. The van der Waals surface area contributed by atoms with E-state index in [0.29, 0.717) is 19.4 Å². The zero-order valence-electron chi connectivity index (χ0n) is 11.5. The van der Waals surface area contributed by atoms with E-state index in [9.17, 15) is 23.3 Å². The van der Waals surface area contributed by atoms with Gasteiger partial charge in [0.2, 0.25) is 15.9 Å². The summed E-state index contributed by atoms with van der Waals surface area (Å²) >= 11 is 0. The van der Waals surface area contributed by atoms with Gasteiger partial charge in [0.05, 0.1) is 9.82 Å². The Morgan fingerprint density at radius 1 is 1.29 bits per heavy atom. The van der Waals surface area contributed by atoms with E-state index >= 15 is 0 Å². The van der Waals surface area contributed by atoms with Gasteiger partial charge in [-0.3, -0.25) is 14.9 Å². The number of benzene rings is 1. The number of sulfonamides is 1. The molecule has 0 heterocycles. The van der Waals surface area contributed by atoms with Gasteiger partial charge >= 0.3 is 0 Å². The van der Waals surface area contributed by atoms with Crippen LogP contribution in [0.3, 0.4) is 0 Å². The fraction of sp³-hybridized carbons (Fsp3) is 0.417. The predicted octanol–water partition coefficient (Wildman–Crippen LogP) is 0.789. The molecule has 0 aliphatic carbocycles. The average molecular weight is 315 g/mol. The van der Waals surface area contributed by atoms with Gasteiger partial charge in [-0.25, -0.2) is 13.1 Å². The quantitative estimate of drug-likeness (QED) is 0.417. The average Bonchev–Trinajstić information content (AvgIpc) is 2.42. The number of nitro benzene ring substituents is 1.